The van der Waals surface area contributed by atoms with Crippen molar-refractivity contribution in [2.75, 3.05) is 18.1 Å². The minimum absolute atomic E-state index is 0.0624. The summed E-state index contributed by atoms with van der Waals surface area (Å²) in [4.78, 5) is 0. The molecule has 3 N–H and O–H groups in total. The van der Waals surface area contributed by atoms with Crippen molar-refractivity contribution in [2.24, 2.45) is 11.1 Å². The minimum Gasteiger partial charge on any atom is -0.388 e. The second-order valence-corrected chi connectivity index (χ2v) is 8.48. The van der Waals surface area contributed by atoms with E-state index in [-0.39, 0.29) is 18.1 Å². The maximum atomic E-state index is 11.7. The molecule has 0 amide bonds. The van der Waals surface area contributed by atoms with Crippen LogP contribution < -0.4 is 5.73 Å². The van der Waals surface area contributed by atoms with Crippen LogP contribution in [0.5, 0.6) is 0 Å². The summed E-state index contributed by atoms with van der Waals surface area (Å²) in [6.45, 7) is 0.107. The van der Waals surface area contributed by atoms with E-state index in [0.717, 1.165) is 4.47 Å². The van der Waals surface area contributed by atoms with Gasteiger partial charge < -0.3 is 10.8 Å². The van der Waals surface area contributed by atoms with Gasteiger partial charge in [-0.1, -0.05) is 27.5 Å². The first-order valence-electron chi connectivity index (χ1n) is 5.83. The first kappa shape index (κ1) is 15.3. The number of aliphatic hydroxyl groups excluding tert-OH is 1. The van der Waals surface area contributed by atoms with Gasteiger partial charge in [0.25, 0.3) is 0 Å². The molecule has 0 saturated carbocycles. The SMILES string of the molecule is NCC1(C(O)c2cc(Br)ccc2Cl)CCS(=O)(=O)C1. The number of hydrogen-bond acceptors (Lipinski definition) is 4. The highest BCUT2D eigenvalue weighted by Gasteiger charge is 2.47. The molecule has 1 heterocycles. The van der Waals surface area contributed by atoms with Crippen molar-refractivity contribution < 1.29 is 13.5 Å². The van der Waals surface area contributed by atoms with Gasteiger partial charge >= 0.3 is 0 Å². The Morgan fingerprint density at radius 1 is 1.53 bits per heavy atom. The van der Waals surface area contributed by atoms with Gasteiger partial charge in [-0.3, -0.25) is 0 Å². The topological polar surface area (TPSA) is 80.4 Å². The fourth-order valence-corrected chi connectivity index (χ4v) is 5.24. The highest BCUT2D eigenvalue weighted by atomic mass is 79.9. The fourth-order valence-electron chi connectivity index (χ4n) is 2.48. The molecular weight excluding hydrogens is 354 g/mol. The second-order valence-electron chi connectivity index (χ2n) is 4.98. The molecule has 1 aliphatic rings. The first-order valence-corrected chi connectivity index (χ1v) is 8.82. The zero-order chi connectivity index (χ0) is 14.3. The van der Waals surface area contributed by atoms with Gasteiger partial charge in [0.1, 0.15) is 0 Å². The number of aliphatic hydroxyl groups is 1. The largest absolute Gasteiger partial charge is 0.388 e. The number of rotatable bonds is 3. The van der Waals surface area contributed by atoms with Crippen molar-refractivity contribution in [1.82, 2.24) is 0 Å². The van der Waals surface area contributed by atoms with Crippen molar-refractivity contribution in [3.05, 3.63) is 33.3 Å². The molecule has 2 rings (SSSR count). The van der Waals surface area contributed by atoms with E-state index in [1.807, 2.05) is 0 Å². The van der Waals surface area contributed by atoms with Gasteiger partial charge in [0.05, 0.1) is 17.6 Å². The summed E-state index contributed by atoms with van der Waals surface area (Å²) in [5, 5.41) is 11.0. The molecule has 1 aromatic carbocycles. The Balaban J connectivity index is 2.42. The van der Waals surface area contributed by atoms with Crippen LogP contribution in [0.1, 0.15) is 18.1 Å². The highest BCUT2D eigenvalue weighted by molar-refractivity contribution is 9.10. The second kappa shape index (κ2) is 5.33. The summed E-state index contributed by atoms with van der Waals surface area (Å²) in [5.41, 5.74) is 5.41. The summed E-state index contributed by atoms with van der Waals surface area (Å²) < 4.78 is 24.1. The number of sulfone groups is 1. The van der Waals surface area contributed by atoms with Crippen LogP contribution in [0.4, 0.5) is 0 Å². The van der Waals surface area contributed by atoms with E-state index in [2.05, 4.69) is 15.9 Å². The van der Waals surface area contributed by atoms with E-state index >= 15 is 0 Å². The number of nitrogens with two attached hydrogens (primary N) is 1. The third kappa shape index (κ3) is 2.97. The van der Waals surface area contributed by atoms with Crippen LogP contribution in [0.15, 0.2) is 22.7 Å². The van der Waals surface area contributed by atoms with Crippen molar-refractivity contribution in [2.45, 2.75) is 12.5 Å². The van der Waals surface area contributed by atoms with Crippen molar-refractivity contribution in [1.29, 1.82) is 0 Å². The molecule has 0 aromatic heterocycles. The van der Waals surface area contributed by atoms with Crippen molar-refractivity contribution >= 4 is 37.4 Å². The third-order valence-electron chi connectivity index (χ3n) is 3.66. The maximum Gasteiger partial charge on any atom is 0.151 e. The van der Waals surface area contributed by atoms with Crippen molar-refractivity contribution in [3.63, 3.8) is 0 Å². The van der Waals surface area contributed by atoms with Crippen LogP contribution in [0.2, 0.25) is 5.02 Å². The third-order valence-corrected chi connectivity index (χ3v) is 6.34. The Morgan fingerprint density at radius 3 is 2.74 bits per heavy atom. The van der Waals surface area contributed by atoms with E-state index < -0.39 is 21.4 Å². The Bertz CT molecular complexity index is 593. The van der Waals surface area contributed by atoms with Gasteiger partial charge in [-0.05, 0) is 24.6 Å². The van der Waals surface area contributed by atoms with Crippen LogP contribution in [-0.4, -0.2) is 31.6 Å². The average Bonchev–Trinajstić information content (AvgIpc) is 2.68. The Morgan fingerprint density at radius 2 is 2.21 bits per heavy atom. The number of benzene rings is 1. The molecule has 4 nitrogen and oxygen atoms in total. The maximum absolute atomic E-state index is 11.7. The van der Waals surface area contributed by atoms with E-state index in [0.29, 0.717) is 17.0 Å². The molecule has 7 heteroatoms. The van der Waals surface area contributed by atoms with Gasteiger partial charge in [0.15, 0.2) is 9.84 Å². The van der Waals surface area contributed by atoms with E-state index in [4.69, 9.17) is 17.3 Å². The minimum atomic E-state index is -3.14. The molecule has 1 aliphatic heterocycles. The molecule has 0 aliphatic carbocycles. The lowest BCUT2D eigenvalue weighted by molar-refractivity contribution is 0.0472. The summed E-state index contributed by atoms with van der Waals surface area (Å²) in [7, 11) is -3.14. The predicted molar refractivity (Wildman–Crippen MR) is 78.9 cm³/mol. The van der Waals surface area contributed by atoms with Gasteiger partial charge in [0.2, 0.25) is 0 Å². The predicted octanol–water partition coefficient (Wildman–Crippen LogP) is 1.90. The van der Waals surface area contributed by atoms with E-state index in [1.165, 1.54) is 0 Å². The fraction of sp³-hybridized carbons (Fsp3) is 0.500. The molecular formula is C12H15BrClNO3S. The Labute approximate surface area is 126 Å². The number of halogens is 2. The molecule has 106 valence electrons. The highest BCUT2D eigenvalue weighted by Crippen LogP contribution is 2.44. The molecule has 1 fully saturated rings. The molecule has 0 bridgehead atoms. The zero-order valence-electron chi connectivity index (χ0n) is 10.1. The van der Waals surface area contributed by atoms with Crippen LogP contribution in [0.25, 0.3) is 0 Å². The monoisotopic (exact) mass is 367 g/mol. The summed E-state index contributed by atoms with van der Waals surface area (Å²) in [6.07, 6.45) is -0.629. The van der Waals surface area contributed by atoms with Crippen molar-refractivity contribution in [3.8, 4) is 0 Å². The molecule has 0 radical (unpaired) electrons. The van der Waals surface area contributed by atoms with Crippen LogP contribution in [-0.2, 0) is 9.84 Å². The molecule has 19 heavy (non-hydrogen) atoms. The van der Waals surface area contributed by atoms with E-state index in [9.17, 15) is 13.5 Å². The molecule has 1 saturated heterocycles. The average molecular weight is 369 g/mol. The quantitative estimate of drug-likeness (QED) is 0.854. The van der Waals surface area contributed by atoms with Gasteiger partial charge in [-0.2, -0.15) is 0 Å². The lowest BCUT2D eigenvalue weighted by atomic mass is 9.78. The molecule has 0 spiro atoms. The van der Waals surface area contributed by atoms with Crippen LogP contribution in [0.3, 0.4) is 0 Å². The number of hydrogen-bond donors (Lipinski definition) is 2. The Hall–Kier alpha value is -0.140. The Kier molecular flexibility index (Phi) is 4.28. The van der Waals surface area contributed by atoms with E-state index in [1.54, 1.807) is 18.2 Å². The summed E-state index contributed by atoms with van der Waals surface area (Å²) >= 11 is 9.40. The lowest BCUT2D eigenvalue weighted by Crippen LogP contribution is -2.38. The van der Waals surface area contributed by atoms with Gasteiger partial charge in [-0.15, -0.1) is 0 Å². The smallest absolute Gasteiger partial charge is 0.151 e. The molecule has 1 aromatic rings. The normalized spacial score (nSPS) is 27.4. The van der Waals surface area contributed by atoms with Gasteiger partial charge in [-0.25, -0.2) is 8.42 Å². The standard InChI is InChI=1S/C12H15BrClNO3S/c13-8-1-2-10(14)9(5-8)11(16)12(6-15)3-4-19(17,18)7-12/h1-2,5,11,16H,3-4,6-7,15H2. The lowest BCUT2D eigenvalue weighted by Gasteiger charge is -2.32. The summed E-state index contributed by atoms with van der Waals surface area (Å²) in [5.74, 6) is -0.0343. The molecule has 2 unspecified atom stereocenters. The van der Waals surface area contributed by atoms with Crippen LogP contribution >= 0.6 is 27.5 Å². The zero-order valence-corrected chi connectivity index (χ0v) is 13.3. The van der Waals surface area contributed by atoms with Crippen LogP contribution in [0, 0.1) is 5.41 Å². The van der Waals surface area contributed by atoms with Gasteiger partial charge in [0, 0.05) is 27.0 Å². The summed E-state index contributed by atoms with van der Waals surface area (Å²) in [6, 6.07) is 5.13. The first-order chi connectivity index (χ1) is 8.80. The molecule has 2 atom stereocenters.